The highest BCUT2D eigenvalue weighted by Gasteiger charge is 2.51. The number of methoxy groups -OCH3 is 1. The molecule has 134 valence electrons. The van der Waals surface area contributed by atoms with E-state index in [1.807, 2.05) is 6.92 Å². The first-order chi connectivity index (χ1) is 11.7. The minimum atomic E-state index is -0.185. The summed E-state index contributed by atoms with van der Waals surface area (Å²) in [7, 11) is 1.47. The van der Waals surface area contributed by atoms with E-state index in [1.54, 1.807) is 0 Å². The predicted octanol–water partition coefficient (Wildman–Crippen LogP) is 1.94. The molecule has 0 aromatic heterocycles. The number of quaternary nitrogens is 1. The molecule has 0 amide bonds. The van der Waals surface area contributed by atoms with Crippen molar-refractivity contribution < 1.29 is 14.4 Å². The number of nitrogens with zero attached hydrogens (tertiary/aromatic N) is 1. The van der Waals surface area contributed by atoms with Gasteiger partial charge >= 0.3 is 11.9 Å². The lowest BCUT2D eigenvalue weighted by molar-refractivity contribution is -0.846. The van der Waals surface area contributed by atoms with E-state index in [1.165, 1.54) is 57.0 Å². The number of carbonyl (C=O) groups excluding carboxylic acids is 1. The van der Waals surface area contributed by atoms with Gasteiger partial charge in [0.15, 0.2) is 0 Å². The van der Waals surface area contributed by atoms with Crippen LogP contribution in [0.3, 0.4) is 0 Å². The molecule has 3 aliphatic heterocycles. The topological polar surface area (TPSA) is 55.1 Å². The number of allylic oxidation sites excluding steroid dienone is 1. The second-order valence-corrected chi connectivity index (χ2v) is 7.51. The number of nitrogens with one attached hydrogen (secondary N) is 2. The zero-order valence-electron chi connectivity index (χ0n) is 15.4. The second-order valence-electron chi connectivity index (χ2n) is 7.51. The van der Waals surface area contributed by atoms with Crippen LogP contribution in [0.5, 0.6) is 0 Å². The molecule has 2 N–H and O–H groups in total. The molecule has 5 nitrogen and oxygen atoms in total. The third kappa shape index (κ3) is 3.37. The van der Waals surface area contributed by atoms with Crippen LogP contribution in [-0.2, 0) is 9.53 Å². The largest absolute Gasteiger partial charge is 0.465 e. The van der Waals surface area contributed by atoms with Crippen LogP contribution in [0, 0.1) is 0 Å². The molecular formula is C19H32N3O2+. The van der Waals surface area contributed by atoms with Gasteiger partial charge in [-0.2, -0.15) is 0 Å². The van der Waals surface area contributed by atoms with Crippen LogP contribution in [0.1, 0.15) is 71.6 Å². The average Bonchev–Trinajstić information content (AvgIpc) is 2.99. The smallest absolute Gasteiger partial charge is 0.341 e. The van der Waals surface area contributed by atoms with Gasteiger partial charge in [0, 0.05) is 25.0 Å². The van der Waals surface area contributed by atoms with Crippen molar-refractivity contribution in [2.24, 2.45) is 4.99 Å². The highest BCUT2D eigenvalue weighted by Crippen LogP contribution is 2.26. The van der Waals surface area contributed by atoms with Crippen molar-refractivity contribution in [3.05, 3.63) is 11.3 Å². The third-order valence-electron chi connectivity index (χ3n) is 5.87. The number of unbranched alkanes of at least 4 members (excludes halogenated alkanes) is 4. The van der Waals surface area contributed by atoms with E-state index in [0.29, 0.717) is 12.1 Å². The highest BCUT2D eigenvalue weighted by atomic mass is 16.5. The lowest BCUT2D eigenvalue weighted by Crippen LogP contribution is -3.22. The Morgan fingerprint density at radius 3 is 2.83 bits per heavy atom. The molecule has 0 aromatic carbocycles. The quantitative estimate of drug-likeness (QED) is 0.553. The Morgan fingerprint density at radius 1 is 1.29 bits per heavy atom. The van der Waals surface area contributed by atoms with Gasteiger partial charge in [-0.05, 0) is 13.3 Å². The zero-order valence-corrected chi connectivity index (χ0v) is 15.4. The minimum absolute atomic E-state index is 0.185. The number of aliphatic imine (C=N–C) groups is 1. The average molecular weight is 334 g/mol. The molecule has 24 heavy (non-hydrogen) atoms. The van der Waals surface area contributed by atoms with Crippen LogP contribution in [0.15, 0.2) is 16.3 Å². The Morgan fingerprint density at radius 2 is 2.08 bits per heavy atom. The van der Waals surface area contributed by atoms with E-state index in [4.69, 9.17) is 9.73 Å². The maximum atomic E-state index is 12.2. The summed E-state index contributed by atoms with van der Waals surface area (Å²) in [6.07, 6.45) is 11.2. The van der Waals surface area contributed by atoms with E-state index in [9.17, 15) is 4.79 Å². The van der Waals surface area contributed by atoms with E-state index in [0.717, 1.165) is 30.1 Å². The molecule has 0 spiro atoms. The first-order valence-corrected chi connectivity index (χ1v) is 9.66. The summed E-state index contributed by atoms with van der Waals surface area (Å²) in [6.45, 7) is 4.24. The minimum Gasteiger partial charge on any atom is -0.465 e. The second kappa shape index (κ2) is 7.68. The number of rotatable bonds is 7. The van der Waals surface area contributed by atoms with Crippen LogP contribution < -0.4 is 10.2 Å². The fraction of sp³-hybridized carbons (Fsp3) is 0.789. The summed E-state index contributed by atoms with van der Waals surface area (Å²) < 4.78 is 5.01. The third-order valence-corrected chi connectivity index (χ3v) is 5.87. The number of carbonyl (C=O) groups is 1. The SMILES string of the molecule is CCCCCCC[C@@H]1C[C@@H]2CC[C@@H]3C(C(=O)OC)=C(C)NC(=N1)[NH+]23. The lowest BCUT2D eigenvalue weighted by Gasteiger charge is -2.37. The molecule has 1 saturated heterocycles. The molecule has 0 saturated carbocycles. The molecule has 0 aliphatic carbocycles. The predicted molar refractivity (Wildman–Crippen MR) is 94.8 cm³/mol. The molecule has 1 unspecified atom stereocenters. The van der Waals surface area contributed by atoms with E-state index < -0.39 is 0 Å². The van der Waals surface area contributed by atoms with Gasteiger partial charge in [-0.3, -0.25) is 10.2 Å². The van der Waals surface area contributed by atoms with Crippen molar-refractivity contribution in [1.29, 1.82) is 0 Å². The molecule has 3 aliphatic rings. The molecule has 3 rings (SSSR count). The fourth-order valence-electron chi connectivity index (χ4n) is 4.69. The molecule has 0 radical (unpaired) electrons. The fourth-order valence-corrected chi connectivity index (χ4v) is 4.69. The van der Waals surface area contributed by atoms with Gasteiger partial charge < -0.3 is 4.74 Å². The molecule has 3 heterocycles. The van der Waals surface area contributed by atoms with Crippen LogP contribution in [0.2, 0.25) is 0 Å². The van der Waals surface area contributed by atoms with Crippen LogP contribution in [-0.4, -0.2) is 37.2 Å². The van der Waals surface area contributed by atoms with E-state index in [-0.39, 0.29) is 12.0 Å². The molecule has 0 bridgehead atoms. The maximum Gasteiger partial charge on any atom is 0.341 e. The Balaban J connectivity index is 1.68. The number of ether oxygens (including phenoxy) is 1. The van der Waals surface area contributed by atoms with Gasteiger partial charge in [-0.1, -0.05) is 39.0 Å². The van der Waals surface area contributed by atoms with Gasteiger partial charge in [-0.15, -0.1) is 0 Å². The first-order valence-electron chi connectivity index (χ1n) is 9.66. The Bertz CT molecular complexity index is 541. The number of esters is 1. The van der Waals surface area contributed by atoms with Crippen molar-refractivity contribution in [1.82, 2.24) is 5.32 Å². The molecule has 0 aromatic rings. The molecule has 5 heteroatoms. The summed E-state index contributed by atoms with van der Waals surface area (Å²) in [6, 6.07) is 1.28. The van der Waals surface area contributed by atoms with Gasteiger partial charge in [0.05, 0.1) is 19.2 Å². The number of guanidine groups is 1. The van der Waals surface area contributed by atoms with E-state index in [2.05, 4.69) is 12.2 Å². The van der Waals surface area contributed by atoms with Crippen molar-refractivity contribution in [3.8, 4) is 0 Å². The van der Waals surface area contributed by atoms with E-state index >= 15 is 0 Å². The van der Waals surface area contributed by atoms with Gasteiger partial charge in [0.2, 0.25) is 0 Å². The summed E-state index contributed by atoms with van der Waals surface area (Å²) in [4.78, 5) is 18.6. The Hall–Kier alpha value is -1.36. The maximum absolute atomic E-state index is 12.2. The van der Waals surface area contributed by atoms with Crippen LogP contribution in [0.4, 0.5) is 0 Å². The number of hydrogen-bond acceptors (Lipinski definition) is 4. The van der Waals surface area contributed by atoms with Gasteiger partial charge in [0.25, 0.3) is 0 Å². The summed E-state index contributed by atoms with van der Waals surface area (Å²) >= 11 is 0. The molecular weight excluding hydrogens is 302 g/mol. The van der Waals surface area contributed by atoms with Crippen molar-refractivity contribution in [2.45, 2.75) is 89.8 Å². The summed E-state index contributed by atoms with van der Waals surface area (Å²) in [5.74, 6) is 0.882. The molecule has 4 atom stereocenters. The van der Waals surface area contributed by atoms with Gasteiger partial charge in [0.1, 0.15) is 11.6 Å². The van der Waals surface area contributed by atoms with Crippen LogP contribution in [0.25, 0.3) is 0 Å². The van der Waals surface area contributed by atoms with Crippen LogP contribution >= 0.6 is 0 Å². The molecule has 1 fully saturated rings. The van der Waals surface area contributed by atoms with Crippen molar-refractivity contribution >= 4 is 11.9 Å². The lowest BCUT2D eigenvalue weighted by atomic mass is 9.98. The Labute approximate surface area is 145 Å². The summed E-state index contributed by atoms with van der Waals surface area (Å²) in [5, 5.41) is 3.42. The highest BCUT2D eigenvalue weighted by molar-refractivity contribution is 5.93. The number of hydrogen-bond donors (Lipinski definition) is 2. The standard InChI is InChI=1S/C19H31N3O2/c1-4-5-6-7-8-9-14-12-15-10-11-16-17(18(23)24-3)13(2)20-19(21-14)22(15)16/h14-16H,4-12H2,1-3H3,(H,20,21)/p+1/t14-,15+,16-/m1/s1. The van der Waals surface area contributed by atoms with Crippen molar-refractivity contribution in [3.63, 3.8) is 0 Å². The van der Waals surface area contributed by atoms with Crippen molar-refractivity contribution in [2.75, 3.05) is 7.11 Å². The normalized spacial score (nSPS) is 31.4. The first kappa shape index (κ1) is 17.5. The van der Waals surface area contributed by atoms with Gasteiger partial charge in [-0.25, -0.2) is 9.79 Å². The monoisotopic (exact) mass is 334 g/mol. The summed E-state index contributed by atoms with van der Waals surface area (Å²) in [5.41, 5.74) is 1.76. The zero-order chi connectivity index (χ0) is 17.1. The Kier molecular flexibility index (Phi) is 5.59.